The summed E-state index contributed by atoms with van der Waals surface area (Å²) in [6, 6.07) is 6.97. The summed E-state index contributed by atoms with van der Waals surface area (Å²) in [7, 11) is 0. The molecule has 0 radical (unpaired) electrons. The van der Waals surface area contributed by atoms with Gasteiger partial charge in [0.15, 0.2) is 23.9 Å². The molecule has 114 valence electrons. The quantitative estimate of drug-likeness (QED) is 0.453. The maximum atomic E-state index is 13.4. The Hall–Kier alpha value is -3.09. The number of esters is 1. The van der Waals surface area contributed by atoms with E-state index < -0.39 is 41.4 Å². The van der Waals surface area contributed by atoms with Gasteiger partial charge in [0.05, 0.1) is 11.1 Å². The lowest BCUT2D eigenvalue weighted by Gasteiger charge is -2.07. The predicted octanol–water partition coefficient (Wildman–Crippen LogP) is 1.98. The predicted molar refractivity (Wildman–Crippen MR) is 72.4 cm³/mol. The molecule has 0 saturated carbocycles. The first-order valence-corrected chi connectivity index (χ1v) is 6.10. The van der Waals surface area contributed by atoms with Crippen molar-refractivity contribution >= 4 is 11.8 Å². The normalized spacial score (nSPS) is 10.2. The molecule has 22 heavy (non-hydrogen) atoms. The lowest BCUT2D eigenvalue weighted by Crippen LogP contribution is -2.15. The first-order chi connectivity index (χ1) is 10.4. The number of ether oxygens (including phenoxy) is 1. The Labute approximate surface area is 124 Å². The number of halogens is 1. The van der Waals surface area contributed by atoms with Gasteiger partial charge >= 0.3 is 5.97 Å². The Balaban J connectivity index is 2.07. The molecule has 0 aliphatic rings. The molecular formula is C15H11FO6. The summed E-state index contributed by atoms with van der Waals surface area (Å²) in [4.78, 5) is 23.4. The van der Waals surface area contributed by atoms with E-state index >= 15 is 0 Å². The van der Waals surface area contributed by atoms with Crippen LogP contribution in [0.4, 0.5) is 4.39 Å². The van der Waals surface area contributed by atoms with Crippen LogP contribution in [0.5, 0.6) is 17.2 Å². The van der Waals surface area contributed by atoms with E-state index in [1.807, 2.05) is 0 Å². The smallest absolute Gasteiger partial charge is 0.338 e. The molecule has 0 amide bonds. The number of hydrogen-bond donors (Lipinski definition) is 3. The van der Waals surface area contributed by atoms with Gasteiger partial charge in [-0.3, -0.25) is 4.79 Å². The largest absolute Gasteiger partial charge is 0.504 e. The summed E-state index contributed by atoms with van der Waals surface area (Å²) < 4.78 is 18.1. The average Bonchev–Trinajstić information content (AvgIpc) is 2.49. The monoisotopic (exact) mass is 306 g/mol. The van der Waals surface area contributed by atoms with Crippen molar-refractivity contribution in [1.29, 1.82) is 0 Å². The van der Waals surface area contributed by atoms with Gasteiger partial charge in [0.25, 0.3) is 0 Å². The summed E-state index contributed by atoms with van der Waals surface area (Å²) in [5.74, 6) is -4.70. The highest BCUT2D eigenvalue weighted by molar-refractivity contribution is 5.99. The summed E-state index contributed by atoms with van der Waals surface area (Å²) in [5.41, 5.74) is -0.485. The number of ketones is 1. The first kappa shape index (κ1) is 15.3. The molecule has 0 bridgehead atoms. The van der Waals surface area contributed by atoms with E-state index in [-0.39, 0.29) is 11.1 Å². The van der Waals surface area contributed by atoms with Crippen LogP contribution in [-0.4, -0.2) is 33.7 Å². The van der Waals surface area contributed by atoms with Gasteiger partial charge in [0.2, 0.25) is 5.78 Å². The highest BCUT2D eigenvalue weighted by Crippen LogP contribution is 2.35. The molecule has 0 spiro atoms. The van der Waals surface area contributed by atoms with Gasteiger partial charge in [0.1, 0.15) is 5.82 Å². The molecule has 0 fully saturated rings. The minimum absolute atomic E-state index is 0.216. The molecule has 7 heteroatoms. The van der Waals surface area contributed by atoms with Gasteiger partial charge in [-0.05, 0) is 24.3 Å². The highest BCUT2D eigenvalue weighted by atomic mass is 19.1. The van der Waals surface area contributed by atoms with Crippen LogP contribution in [0.1, 0.15) is 20.7 Å². The topological polar surface area (TPSA) is 104 Å². The molecule has 0 aromatic heterocycles. The number of benzene rings is 2. The maximum Gasteiger partial charge on any atom is 0.338 e. The number of phenolic OH excluding ortho intramolecular Hbond substituents is 3. The van der Waals surface area contributed by atoms with Gasteiger partial charge in [-0.15, -0.1) is 0 Å². The van der Waals surface area contributed by atoms with Crippen molar-refractivity contribution in [3.63, 3.8) is 0 Å². The molecule has 3 N–H and O–H groups in total. The van der Waals surface area contributed by atoms with Crippen LogP contribution in [0.3, 0.4) is 0 Å². The van der Waals surface area contributed by atoms with Crippen LogP contribution < -0.4 is 0 Å². The van der Waals surface area contributed by atoms with E-state index in [1.165, 1.54) is 18.2 Å². The number of phenols is 3. The fourth-order valence-corrected chi connectivity index (χ4v) is 1.70. The van der Waals surface area contributed by atoms with Crippen LogP contribution in [-0.2, 0) is 4.74 Å². The third-order valence-electron chi connectivity index (χ3n) is 2.81. The number of carbonyl (C=O) groups is 2. The zero-order valence-electron chi connectivity index (χ0n) is 11.1. The van der Waals surface area contributed by atoms with E-state index in [4.69, 9.17) is 9.84 Å². The second-order valence-electron chi connectivity index (χ2n) is 4.34. The number of hydrogen-bond acceptors (Lipinski definition) is 6. The van der Waals surface area contributed by atoms with Gasteiger partial charge in [-0.2, -0.15) is 0 Å². The Morgan fingerprint density at radius 2 is 1.64 bits per heavy atom. The summed E-state index contributed by atoms with van der Waals surface area (Å²) in [6.45, 7) is -0.706. The molecule has 0 atom stereocenters. The van der Waals surface area contributed by atoms with Crippen molar-refractivity contribution in [3.8, 4) is 17.2 Å². The van der Waals surface area contributed by atoms with Crippen molar-refractivity contribution in [3.05, 3.63) is 53.3 Å². The number of rotatable bonds is 4. The standard InChI is InChI=1S/C15H11FO6/c16-10-4-2-1-3-9(10)13(19)7-22-15(21)8-5-11(17)14(20)12(18)6-8/h1-6,17-18,20H,7H2. The zero-order valence-corrected chi connectivity index (χ0v) is 11.1. The van der Waals surface area contributed by atoms with Crippen molar-refractivity contribution < 1.29 is 34.0 Å². The third-order valence-corrected chi connectivity index (χ3v) is 2.81. The van der Waals surface area contributed by atoms with E-state index in [0.29, 0.717) is 0 Å². The lowest BCUT2D eigenvalue weighted by molar-refractivity contribution is 0.0473. The Bertz CT molecular complexity index is 718. The molecule has 2 aromatic rings. The second kappa shape index (κ2) is 6.13. The van der Waals surface area contributed by atoms with Crippen LogP contribution in [0.15, 0.2) is 36.4 Å². The fraction of sp³-hybridized carbons (Fsp3) is 0.0667. The minimum Gasteiger partial charge on any atom is -0.504 e. The lowest BCUT2D eigenvalue weighted by atomic mass is 10.1. The molecule has 0 unspecified atom stereocenters. The van der Waals surface area contributed by atoms with Crippen molar-refractivity contribution in [2.75, 3.05) is 6.61 Å². The minimum atomic E-state index is -1.02. The summed E-state index contributed by atoms with van der Waals surface area (Å²) in [5, 5.41) is 27.7. The molecular weight excluding hydrogens is 295 g/mol. The fourth-order valence-electron chi connectivity index (χ4n) is 1.70. The Morgan fingerprint density at radius 3 is 2.23 bits per heavy atom. The van der Waals surface area contributed by atoms with Gasteiger partial charge in [-0.1, -0.05) is 12.1 Å². The molecule has 0 heterocycles. The maximum absolute atomic E-state index is 13.4. The van der Waals surface area contributed by atoms with Crippen LogP contribution in [0, 0.1) is 5.82 Å². The van der Waals surface area contributed by atoms with Gasteiger partial charge in [0, 0.05) is 0 Å². The third kappa shape index (κ3) is 3.14. The van der Waals surface area contributed by atoms with Crippen LogP contribution >= 0.6 is 0 Å². The van der Waals surface area contributed by atoms with E-state index in [1.54, 1.807) is 0 Å². The van der Waals surface area contributed by atoms with E-state index in [2.05, 4.69) is 0 Å². The van der Waals surface area contributed by atoms with Gasteiger partial charge in [-0.25, -0.2) is 9.18 Å². The highest BCUT2D eigenvalue weighted by Gasteiger charge is 2.17. The Kier molecular flexibility index (Phi) is 4.26. The second-order valence-corrected chi connectivity index (χ2v) is 4.34. The zero-order chi connectivity index (χ0) is 16.3. The number of aromatic hydroxyl groups is 3. The van der Waals surface area contributed by atoms with Crippen molar-refractivity contribution in [2.45, 2.75) is 0 Å². The first-order valence-electron chi connectivity index (χ1n) is 6.10. The molecule has 6 nitrogen and oxygen atoms in total. The molecule has 2 rings (SSSR count). The molecule has 0 saturated heterocycles. The average molecular weight is 306 g/mol. The number of Topliss-reactive ketones (excluding diaryl/α,β-unsaturated/α-hetero) is 1. The molecule has 0 aliphatic carbocycles. The summed E-state index contributed by atoms with van der Waals surface area (Å²) in [6.07, 6.45) is 0. The van der Waals surface area contributed by atoms with Crippen molar-refractivity contribution in [1.82, 2.24) is 0 Å². The Morgan fingerprint density at radius 1 is 1.05 bits per heavy atom. The summed E-state index contributed by atoms with van der Waals surface area (Å²) >= 11 is 0. The van der Waals surface area contributed by atoms with E-state index in [0.717, 1.165) is 18.2 Å². The van der Waals surface area contributed by atoms with Crippen LogP contribution in [0.2, 0.25) is 0 Å². The van der Waals surface area contributed by atoms with Crippen molar-refractivity contribution in [2.24, 2.45) is 0 Å². The van der Waals surface area contributed by atoms with Crippen LogP contribution in [0.25, 0.3) is 0 Å². The SMILES string of the molecule is O=C(OCC(=O)c1ccccc1F)c1cc(O)c(O)c(O)c1. The molecule has 0 aliphatic heterocycles. The van der Waals surface area contributed by atoms with E-state index in [9.17, 15) is 24.2 Å². The molecule has 2 aromatic carbocycles. The number of carbonyl (C=O) groups excluding carboxylic acids is 2. The van der Waals surface area contributed by atoms with Gasteiger partial charge < -0.3 is 20.1 Å².